The van der Waals surface area contributed by atoms with Gasteiger partial charge in [0.1, 0.15) is 5.82 Å². The van der Waals surface area contributed by atoms with Crippen LogP contribution in [-0.2, 0) is 6.54 Å². The SMILES string of the molecule is O=C(NC1CC2(CCC2)C1)c1ccc(F)c2ccn(Cc3ccc4ccccc4c3)c12. The van der Waals surface area contributed by atoms with E-state index in [4.69, 9.17) is 0 Å². The number of nitrogens with one attached hydrogen (secondary N) is 1. The topological polar surface area (TPSA) is 34.0 Å². The number of nitrogens with zero attached hydrogens (tertiary/aromatic N) is 1. The maximum absolute atomic E-state index is 14.5. The molecular weight excluding hydrogens is 387 g/mol. The highest BCUT2D eigenvalue weighted by Gasteiger charge is 2.48. The number of rotatable bonds is 4. The summed E-state index contributed by atoms with van der Waals surface area (Å²) in [5.41, 5.74) is 2.85. The van der Waals surface area contributed by atoms with Gasteiger partial charge in [-0.2, -0.15) is 0 Å². The Hall–Kier alpha value is -3.14. The normalized spacial score (nSPS) is 17.6. The van der Waals surface area contributed by atoms with Crippen molar-refractivity contribution in [2.24, 2.45) is 5.41 Å². The maximum Gasteiger partial charge on any atom is 0.253 e. The van der Waals surface area contributed by atoms with Crippen molar-refractivity contribution in [2.75, 3.05) is 0 Å². The number of hydrogen-bond acceptors (Lipinski definition) is 1. The summed E-state index contributed by atoms with van der Waals surface area (Å²) in [4.78, 5) is 13.1. The second-order valence-corrected chi connectivity index (χ2v) is 9.41. The zero-order chi connectivity index (χ0) is 21.0. The van der Waals surface area contributed by atoms with Gasteiger partial charge >= 0.3 is 0 Å². The summed E-state index contributed by atoms with van der Waals surface area (Å²) in [7, 11) is 0. The zero-order valence-corrected chi connectivity index (χ0v) is 17.4. The average Bonchev–Trinajstić information content (AvgIpc) is 3.13. The molecule has 0 atom stereocenters. The van der Waals surface area contributed by atoms with Crippen molar-refractivity contribution in [2.45, 2.75) is 44.7 Å². The Labute approximate surface area is 180 Å². The van der Waals surface area contributed by atoms with E-state index in [2.05, 4.69) is 35.6 Å². The minimum Gasteiger partial charge on any atom is -0.349 e. The fourth-order valence-corrected chi connectivity index (χ4v) is 5.58. The maximum atomic E-state index is 14.5. The molecule has 0 saturated heterocycles. The number of halogens is 1. The standard InChI is InChI=1S/C27H25FN2O/c28-24-9-8-23(26(31)29-21-15-27(16-21)11-3-12-27)25-22(24)10-13-30(25)17-18-6-7-19-4-1-2-5-20(19)14-18/h1-2,4-10,13-14,21H,3,11-12,15-17H2,(H,29,31). The van der Waals surface area contributed by atoms with E-state index in [0.717, 1.165) is 18.4 Å². The molecule has 1 amide bonds. The highest BCUT2D eigenvalue weighted by molar-refractivity contribution is 6.06. The van der Waals surface area contributed by atoms with E-state index in [1.54, 1.807) is 12.1 Å². The van der Waals surface area contributed by atoms with Crippen molar-refractivity contribution < 1.29 is 9.18 Å². The molecule has 1 aromatic heterocycles. The van der Waals surface area contributed by atoms with Crippen LogP contribution in [0, 0.1) is 11.2 Å². The lowest BCUT2D eigenvalue weighted by Crippen LogP contribution is -2.53. The second-order valence-electron chi connectivity index (χ2n) is 9.41. The van der Waals surface area contributed by atoms with Crippen molar-refractivity contribution >= 4 is 27.6 Å². The fraction of sp³-hybridized carbons (Fsp3) is 0.296. The smallest absolute Gasteiger partial charge is 0.253 e. The molecule has 3 nitrogen and oxygen atoms in total. The molecule has 0 bridgehead atoms. The van der Waals surface area contributed by atoms with Gasteiger partial charge in [0.15, 0.2) is 0 Å². The van der Waals surface area contributed by atoms with Gasteiger partial charge in [-0.25, -0.2) is 4.39 Å². The van der Waals surface area contributed by atoms with E-state index >= 15 is 0 Å². The molecule has 2 fully saturated rings. The van der Waals surface area contributed by atoms with Crippen LogP contribution in [0.2, 0.25) is 0 Å². The summed E-state index contributed by atoms with van der Waals surface area (Å²) >= 11 is 0. The van der Waals surface area contributed by atoms with E-state index in [0.29, 0.717) is 28.4 Å². The second kappa shape index (κ2) is 6.94. The largest absolute Gasteiger partial charge is 0.349 e. The Bertz CT molecular complexity index is 1310. The highest BCUT2D eigenvalue weighted by Crippen LogP contribution is 2.55. The molecule has 3 aromatic carbocycles. The highest BCUT2D eigenvalue weighted by atomic mass is 19.1. The summed E-state index contributed by atoms with van der Waals surface area (Å²) in [6.45, 7) is 0.588. The number of carbonyl (C=O) groups is 1. The van der Waals surface area contributed by atoms with Crippen LogP contribution in [0.25, 0.3) is 21.7 Å². The van der Waals surface area contributed by atoms with Crippen LogP contribution in [-0.4, -0.2) is 16.5 Å². The van der Waals surface area contributed by atoms with E-state index < -0.39 is 0 Å². The lowest BCUT2D eigenvalue weighted by molar-refractivity contribution is -0.000602. The van der Waals surface area contributed by atoms with E-state index in [1.165, 1.54) is 36.1 Å². The lowest BCUT2D eigenvalue weighted by Gasteiger charge is -2.54. The van der Waals surface area contributed by atoms with Gasteiger partial charge in [0.05, 0.1) is 11.1 Å². The van der Waals surface area contributed by atoms with E-state index in [9.17, 15) is 9.18 Å². The zero-order valence-electron chi connectivity index (χ0n) is 17.4. The van der Waals surface area contributed by atoms with Crippen LogP contribution in [0.1, 0.15) is 48.0 Å². The summed E-state index contributed by atoms with van der Waals surface area (Å²) < 4.78 is 16.5. The molecule has 31 heavy (non-hydrogen) atoms. The minimum absolute atomic E-state index is 0.0948. The van der Waals surface area contributed by atoms with Gasteiger partial charge in [-0.3, -0.25) is 4.79 Å². The average molecular weight is 413 g/mol. The third-order valence-corrected chi connectivity index (χ3v) is 7.39. The van der Waals surface area contributed by atoms with Gasteiger partial charge in [0.2, 0.25) is 0 Å². The fourth-order valence-electron chi connectivity index (χ4n) is 5.58. The molecule has 4 aromatic rings. The first-order valence-electron chi connectivity index (χ1n) is 11.2. The molecule has 156 valence electrons. The van der Waals surface area contributed by atoms with Crippen LogP contribution in [0.15, 0.2) is 66.9 Å². The van der Waals surface area contributed by atoms with Gasteiger partial charge in [0, 0.05) is 24.2 Å². The van der Waals surface area contributed by atoms with Crippen molar-refractivity contribution in [1.82, 2.24) is 9.88 Å². The molecule has 0 radical (unpaired) electrons. The summed E-state index contributed by atoms with van der Waals surface area (Å²) in [5, 5.41) is 6.07. The molecule has 1 spiro atoms. The Morgan fingerprint density at radius 2 is 1.84 bits per heavy atom. The lowest BCUT2D eigenvalue weighted by atomic mass is 9.54. The first-order valence-corrected chi connectivity index (χ1v) is 11.2. The summed E-state index contributed by atoms with van der Waals surface area (Å²) in [6.07, 6.45) is 7.97. The third-order valence-electron chi connectivity index (χ3n) is 7.39. The van der Waals surface area contributed by atoms with Gasteiger partial charge < -0.3 is 9.88 Å². The van der Waals surface area contributed by atoms with Gasteiger partial charge in [-0.1, -0.05) is 42.8 Å². The van der Waals surface area contributed by atoms with Crippen molar-refractivity contribution in [3.05, 3.63) is 83.8 Å². The van der Waals surface area contributed by atoms with Crippen LogP contribution in [0.5, 0.6) is 0 Å². The third kappa shape index (κ3) is 3.13. The molecule has 0 aliphatic heterocycles. The minimum atomic E-state index is -0.291. The predicted molar refractivity (Wildman–Crippen MR) is 122 cm³/mol. The molecule has 0 unspecified atom stereocenters. The van der Waals surface area contributed by atoms with Crippen LogP contribution >= 0.6 is 0 Å². The van der Waals surface area contributed by atoms with E-state index in [-0.39, 0.29) is 17.8 Å². The molecule has 1 N–H and O–H groups in total. The Kier molecular flexibility index (Phi) is 4.17. The van der Waals surface area contributed by atoms with Gasteiger partial charge in [0.25, 0.3) is 5.91 Å². The molecular formula is C27H25FN2O. The molecule has 1 heterocycles. The number of carbonyl (C=O) groups excluding carboxylic acids is 1. The van der Waals surface area contributed by atoms with Gasteiger partial charge in [-0.15, -0.1) is 0 Å². The summed E-state index contributed by atoms with van der Waals surface area (Å²) in [5.74, 6) is -0.386. The quantitative estimate of drug-likeness (QED) is 0.435. The van der Waals surface area contributed by atoms with Crippen molar-refractivity contribution in [3.8, 4) is 0 Å². The molecule has 4 heteroatoms. The number of amides is 1. The molecule has 6 rings (SSSR count). The number of hydrogen-bond donors (Lipinski definition) is 1. The molecule has 2 aliphatic rings. The molecule has 2 aliphatic carbocycles. The number of aromatic nitrogens is 1. The Morgan fingerprint density at radius 1 is 1.03 bits per heavy atom. The first kappa shape index (κ1) is 18.6. The summed E-state index contributed by atoms with van der Waals surface area (Å²) in [6, 6.07) is 19.7. The van der Waals surface area contributed by atoms with Crippen molar-refractivity contribution in [1.29, 1.82) is 0 Å². The van der Waals surface area contributed by atoms with Crippen LogP contribution in [0.4, 0.5) is 4.39 Å². The van der Waals surface area contributed by atoms with Crippen LogP contribution < -0.4 is 5.32 Å². The Balaban J connectivity index is 1.31. The monoisotopic (exact) mass is 412 g/mol. The van der Waals surface area contributed by atoms with Crippen molar-refractivity contribution in [3.63, 3.8) is 0 Å². The van der Waals surface area contributed by atoms with E-state index in [1.807, 2.05) is 22.9 Å². The number of fused-ring (bicyclic) bond motifs is 2. The first-order chi connectivity index (χ1) is 15.1. The Morgan fingerprint density at radius 3 is 2.61 bits per heavy atom. The molecule has 2 saturated carbocycles. The number of benzene rings is 3. The van der Waals surface area contributed by atoms with Gasteiger partial charge in [-0.05, 0) is 71.7 Å². The van der Waals surface area contributed by atoms with Crippen LogP contribution in [0.3, 0.4) is 0 Å². The predicted octanol–water partition coefficient (Wildman–Crippen LogP) is 6.04.